The van der Waals surface area contributed by atoms with Gasteiger partial charge in [-0.1, -0.05) is 17.3 Å². The van der Waals surface area contributed by atoms with Crippen LogP contribution in [0.2, 0.25) is 0 Å². The Morgan fingerprint density at radius 2 is 1.93 bits per heavy atom. The van der Waals surface area contributed by atoms with E-state index >= 15 is 0 Å². The largest absolute Gasteiger partial charge is 0.595 e. The lowest BCUT2D eigenvalue weighted by atomic mass is 10.1. The molecule has 0 bridgehead atoms. The number of likely N-dealkylation sites (tertiary alicyclic amines) is 1. The molecule has 3 atom stereocenters. The fourth-order valence-electron chi connectivity index (χ4n) is 3.82. The first-order valence-electron chi connectivity index (χ1n) is 9.55. The van der Waals surface area contributed by atoms with E-state index in [1.54, 1.807) is 30.3 Å². The molecular formula is C20H20N4O6. The number of rotatable bonds is 5. The zero-order valence-electron chi connectivity index (χ0n) is 15.9. The number of hydrogen-bond acceptors (Lipinski definition) is 9. The number of benzene rings is 2. The second kappa shape index (κ2) is 7.67. The fraction of sp³-hybridized carbons (Fsp3) is 0.300. The smallest absolute Gasteiger partial charge is 0.244 e. The molecule has 2 aliphatic rings. The number of β-amino-alcohol motifs (C(OH)–C–C–N with tert-alkyl or cyclic N) is 1. The molecule has 0 radical (unpaired) electrons. The molecule has 2 aliphatic heterocycles. The van der Waals surface area contributed by atoms with Gasteiger partial charge >= 0.3 is 0 Å². The average molecular weight is 412 g/mol. The van der Waals surface area contributed by atoms with Gasteiger partial charge in [0.2, 0.25) is 18.5 Å². The Hall–Kier alpha value is -3.02. The molecule has 0 aliphatic carbocycles. The highest BCUT2D eigenvalue weighted by Gasteiger charge is 2.36. The lowest BCUT2D eigenvalue weighted by Crippen LogP contribution is -2.99. The van der Waals surface area contributed by atoms with E-state index in [-0.39, 0.29) is 18.5 Å². The van der Waals surface area contributed by atoms with Gasteiger partial charge in [-0.3, -0.25) is 4.90 Å². The van der Waals surface area contributed by atoms with Gasteiger partial charge in [0.25, 0.3) is 0 Å². The van der Waals surface area contributed by atoms with Gasteiger partial charge in [0, 0.05) is 30.8 Å². The van der Waals surface area contributed by atoms with Crippen molar-refractivity contribution in [2.45, 2.75) is 25.1 Å². The number of quaternary nitrogens is 1. The first-order valence-corrected chi connectivity index (χ1v) is 9.55. The predicted octanol–water partition coefficient (Wildman–Crippen LogP) is 1.18. The highest BCUT2D eigenvalue weighted by atomic mass is 16.8. The summed E-state index contributed by atoms with van der Waals surface area (Å²) in [5.41, 5.74) is 1.93. The predicted molar refractivity (Wildman–Crippen MR) is 102 cm³/mol. The van der Waals surface area contributed by atoms with E-state index in [9.17, 15) is 10.3 Å². The van der Waals surface area contributed by atoms with Crippen molar-refractivity contribution in [2.24, 2.45) is 0 Å². The summed E-state index contributed by atoms with van der Waals surface area (Å²) in [7, 11) is 0. The maximum absolute atomic E-state index is 11.0. The SMILES string of the molecule is [O-][NH+](O)c1ccc(CN2CC(O)CC2c2nc(-c3ccc4c(c3)OCO4)no2)cc1. The van der Waals surface area contributed by atoms with Crippen molar-refractivity contribution < 1.29 is 29.5 Å². The molecule has 3 heterocycles. The number of aliphatic hydroxyl groups excluding tert-OH is 1. The Bertz CT molecular complexity index is 1040. The summed E-state index contributed by atoms with van der Waals surface area (Å²) in [6.07, 6.45) is -0.0233. The summed E-state index contributed by atoms with van der Waals surface area (Å²) in [5.74, 6) is 2.19. The highest BCUT2D eigenvalue weighted by molar-refractivity contribution is 5.61. The minimum atomic E-state index is -0.960. The van der Waals surface area contributed by atoms with E-state index in [0.717, 1.165) is 11.1 Å². The van der Waals surface area contributed by atoms with Crippen molar-refractivity contribution in [2.75, 3.05) is 13.3 Å². The van der Waals surface area contributed by atoms with E-state index in [1.807, 2.05) is 12.1 Å². The molecule has 30 heavy (non-hydrogen) atoms. The molecule has 3 unspecified atom stereocenters. The monoisotopic (exact) mass is 412 g/mol. The van der Waals surface area contributed by atoms with Crippen LogP contribution in [0.3, 0.4) is 0 Å². The van der Waals surface area contributed by atoms with Crippen LogP contribution in [-0.4, -0.2) is 44.8 Å². The molecule has 1 aromatic heterocycles. The van der Waals surface area contributed by atoms with Gasteiger partial charge < -0.3 is 24.3 Å². The van der Waals surface area contributed by atoms with Crippen molar-refractivity contribution in [3.05, 3.63) is 59.1 Å². The van der Waals surface area contributed by atoms with Gasteiger partial charge in [0.15, 0.2) is 17.2 Å². The minimum absolute atomic E-state index is 0.193. The maximum atomic E-state index is 11.0. The van der Waals surface area contributed by atoms with Crippen LogP contribution >= 0.6 is 0 Å². The first kappa shape index (κ1) is 19.0. The van der Waals surface area contributed by atoms with E-state index in [2.05, 4.69) is 15.0 Å². The molecule has 1 saturated heterocycles. The van der Waals surface area contributed by atoms with Crippen molar-refractivity contribution in [1.82, 2.24) is 15.0 Å². The van der Waals surface area contributed by atoms with E-state index in [1.165, 1.54) is 0 Å². The number of fused-ring (bicyclic) bond motifs is 1. The Morgan fingerprint density at radius 3 is 2.73 bits per heavy atom. The van der Waals surface area contributed by atoms with E-state index < -0.39 is 11.3 Å². The Labute approximate surface area is 171 Å². The van der Waals surface area contributed by atoms with Gasteiger partial charge in [-0.15, -0.1) is 0 Å². The van der Waals surface area contributed by atoms with Crippen LogP contribution < -0.4 is 14.7 Å². The van der Waals surface area contributed by atoms with Crippen LogP contribution in [0.15, 0.2) is 47.0 Å². The molecule has 3 N–H and O–H groups in total. The van der Waals surface area contributed by atoms with Crippen LogP contribution in [0, 0.1) is 5.21 Å². The number of nitrogens with one attached hydrogen (secondary N) is 1. The summed E-state index contributed by atoms with van der Waals surface area (Å²) in [5, 5.41) is 33.4. The summed E-state index contributed by atoms with van der Waals surface area (Å²) in [6, 6.07) is 11.9. The lowest BCUT2D eigenvalue weighted by Gasteiger charge is -2.21. The zero-order valence-corrected chi connectivity index (χ0v) is 15.9. The minimum Gasteiger partial charge on any atom is -0.595 e. The van der Waals surface area contributed by atoms with Crippen LogP contribution in [0.5, 0.6) is 11.5 Å². The molecule has 3 aromatic rings. The van der Waals surface area contributed by atoms with Crippen molar-refractivity contribution in [3.63, 3.8) is 0 Å². The standard InChI is InChI=1S/C20H20N4O6/c25-15-8-16(23(10-15)9-12-1-4-14(5-2-12)24(26)27)20-21-19(22-30-20)13-3-6-17-18(7-13)29-11-28-17/h1-7,15-16,24-26H,8-11H2. The Morgan fingerprint density at radius 1 is 1.13 bits per heavy atom. The molecule has 0 spiro atoms. The van der Waals surface area contributed by atoms with Crippen molar-refractivity contribution >= 4 is 5.69 Å². The number of ether oxygens (including phenoxy) is 2. The molecule has 1 fully saturated rings. The fourth-order valence-corrected chi connectivity index (χ4v) is 3.82. The Kier molecular flexibility index (Phi) is 4.85. The Balaban J connectivity index is 1.35. The molecule has 0 saturated carbocycles. The van der Waals surface area contributed by atoms with E-state index in [0.29, 0.717) is 42.7 Å². The molecule has 10 nitrogen and oxygen atoms in total. The third kappa shape index (κ3) is 3.62. The van der Waals surface area contributed by atoms with Gasteiger partial charge in [-0.25, -0.2) is 5.21 Å². The van der Waals surface area contributed by atoms with Crippen molar-refractivity contribution in [3.8, 4) is 22.9 Å². The van der Waals surface area contributed by atoms with Gasteiger partial charge in [-0.05, 0) is 30.2 Å². The van der Waals surface area contributed by atoms with Gasteiger partial charge in [-0.2, -0.15) is 10.2 Å². The molecular weight excluding hydrogens is 392 g/mol. The quantitative estimate of drug-likeness (QED) is 0.529. The number of hydrogen-bond donors (Lipinski definition) is 3. The molecule has 5 rings (SSSR count). The third-order valence-electron chi connectivity index (χ3n) is 5.33. The summed E-state index contributed by atoms with van der Waals surface area (Å²) in [4.78, 5) is 6.60. The molecule has 10 heteroatoms. The highest BCUT2D eigenvalue weighted by Crippen LogP contribution is 2.37. The topological polar surface area (TPSA) is 129 Å². The summed E-state index contributed by atoms with van der Waals surface area (Å²) in [6.45, 7) is 1.19. The molecule has 156 valence electrons. The van der Waals surface area contributed by atoms with Crippen LogP contribution in [0.1, 0.15) is 23.9 Å². The third-order valence-corrected chi connectivity index (χ3v) is 5.33. The summed E-state index contributed by atoms with van der Waals surface area (Å²) < 4.78 is 16.3. The van der Waals surface area contributed by atoms with Crippen LogP contribution in [-0.2, 0) is 6.54 Å². The van der Waals surface area contributed by atoms with Gasteiger partial charge in [0.1, 0.15) is 0 Å². The number of aromatic nitrogens is 2. The maximum Gasteiger partial charge on any atom is 0.244 e. The van der Waals surface area contributed by atoms with Gasteiger partial charge in [0.05, 0.1) is 12.1 Å². The normalized spacial score (nSPS) is 21.8. The zero-order chi connectivity index (χ0) is 20.7. The van der Waals surface area contributed by atoms with E-state index in [4.69, 9.17) is 19.2 Å². The lowest BCUT2D eigenvalue weighted by molar-refractivity contribution is -0.991. The molecule has 2 aromatic carbocycles. The second-order valence-electron chi connectivity index (χ2n) is 7.36. The second-order valence-corrected chi connectivity index (χ2v) is 7.36. The van der Waals surface area contributed by atoms with Crippen LogP contribution in [0.25, 0.3) is 11.4 Å². The van der Waals surface area contributed by atoms with Crippen molar-refractivity contribution in [1.29, 1.82) is 0 Å². The molecule has 0 amide bonds. The summed E-state index contributed by atoms with van der Waals surface area (Å²) >= 11 is 0. The average Bonchev–Trinajstić information content (AvgIpc) is 3.47. The first-order chi connectivity index (χ1) is 14.6. The number of nitrogens with zero attached hydrogens (tertiary/aromatic N) is 3. The number of aliphatic hydroxyl groups is 1. The van der Waals surface area contributed by atoms with Crippen LogP contribution in [0.4, 0.5) is 5.69 Å².